The van der Waals surface area contributed by atoms with Crippen molar-refractivity contribution in [1.82, 2.24) is 14.7 Å². The summed E-state index contributed by atoms with van der Waals surface area (Å²) in [6, 6.07) is 0.597. The molecule has 2 heterocycles. The Morgan fingerprint density at radius 3 is 2.30 bits per heavy atom. The molecule has 0 spiro atoms. The van der Waals surface area contributed by atoms with Crippen LogP contribution in [0, 0.1) is 5.92 Å². The third kappa shape index (κ3) is 8.01. The minimum atomic E-state index is -0.460. The van der Waals surface area contributed by atoms with Gasteiger partial charge < -0.3 is 25.2 Å². The highest BCUT2D eigenvalue weighted by Crippen LogP contribution is 2.19. The predicted octanol–water partition coefficient (Wildman–Crippen LogP) is 2.59. The molecule has 1 atom stereocenters. The molecule has 0 saturated carbocycles. The Bertz CT molecular complexity index is 499. The number of hydrogen-bond donors (Lipinski definition) is 1. The second-order valence-corrected chi connectivity index (χ2v) is 8.75. The van der Waals surface area contributed by atoms with Gasteiger partial charge in [0, 0.05) is 45.3 Å². The van der Waals surface area contributed by atoms with Crippen molar-refractivity contribution in [3.8, 4) is 0 Å². The first-order valence-corrected chi connectivity index (χ1v) is 9.92. The highest BCUT2D eigenvalue weighted by atomic mass is 127. The third-order valence-electron chi connectivity index (χ3n) is 5.05. The van der Waals surface area contributed by atoms with E-state index < -0.39 is 5.60 Å². The van der Waals surface area contributed by atoms with Gasteiger partial charge in [-0.1, -0.05) is 0 Å². The van der Waals surface area contributed by atoms with E-state index in [1.807, 2.05) is 20.8 Å². The SMILES string of the molecule is CC(C)N1CCCC(CN=C(N)N2CCN(C(=O)OC(C)(C)C)CC2)C1.I. The molecule has 0 aromatic rings. The van der Waals surface area contributed by atoms with Crippen LogP contribution in [0.3, 0.4) is 0 Å². The predicted molar refractivity (Wildman–Crippen MR) is 121 cm³/mol. The number of piperazine rings is 1. The zero-order valence-corrected chi connectivity index (χ0v) is 19.9. The zero-order chi connectivity index (χ0) is 19.3. The van der Waals surface area contributed by atoms with Crippen LogP contribution >= 0.6 is 24.0 Å². The van der Waals surface area contributed by atoms with E-state index in [4.69, 9.17) is 10.5 Å². The summed E-state index contributed by atoms with van der Waals surface area (Å²) in [5.74, 6) is 1.20. The molecule has 2 N–H and O–H groups in total. The van der Waals surface area contributed by atoms with Gasteiger partial charge in [-0.3, -0.25) is 4.99 Å². The Balaban J connectivity index is 0.00000364. The topological polar surface area (TPSA) is 74.4 Å². The second-order valence-electron chi connectivity index (χ2n) is 8.75. The molecule has 1 amide bonds. The smallest absolute Gasteiger partial charge is 0.410 e. The van der Waals surface area contributed by atoms with E-state index in [1.54, 1.807) is 4.90 Å². The van der Waals surface area contributed by atoms with Gasteiger partial charge in [0.1, 0.15) is 5.60 Å². The van der Waals surface area contributed by atoms with Crippen LogP contribution in [0.5, 0.6) is 0 Å². The number of likely N-dealkylation sites (tertiary alicyclic amines) is 1. The Morgan fingerprint density at radius 2 is 1.74 bits per heavy atom. The van der Waals surface area contributed by atoms with E-state index in [1.165, 1.54) is 19.4 Å². The second kappa shape index (κ2) is 10.7. The molecule has 0 radical (unpaired) electrons. The Labute approximate surface area is 181 Å². The van der Waals surface area contributed by atoms with Crippen LogP contribution in [0.4, 0.5) is 4.79 Å². The Hall–Kier alpha value is -0.770. The molecule has 2 aliphatic rings. The van der Waals surface area contributed by atoms with Gasteiger partial charge in [0.15, 0.2) is 5.96 Å². The summed E-state index contributed by atoms with van der Waals surface area (Å²) in [4.78, 5) is 23.1. The molecule has 2 rings (SSSR count). The van der Waals surface area contributed by atoms with E-state index in [0.29, 0.717) is 44.1 Å². The normalized spacial score (nSPS) is 22.6. The average molecular weight is 495 g/mol. The van der Waals surface area contributed by atoms with Crippen LogP contribution in [0.2, 0.25) is 0 Å². The van der Waals surface area contributed by atoms with Gasteiger partial charge in [-0.05, 0) is 59.9 Å². The quantitative estimate of drug-likeness (QED) is 0.370. The van der Waals surface area contributed by atoms with Crippen molar-refractivity contribution in [2.24, 2.45) is 16.6 Å². The third-order valence-corrected chi connectivity index (χ3v) is 5.05. The number of ether oxygens (including phenoxy) is 1. The standard InChI is InChI=1S/C19H37N5O2.HI/c1-15(2)24-8-6-7-16(14-24)13-21-17(20)22-9-11-23(12-10-22)18(25)26-19(3,4)5;/h15-16H,6-14H2,1-5H3,(H2,20,21);1H. The minimum absolute atomic E-state index is 0. The number of aliphatic imine (C=N–C) groups is 1. The number of rotatable bonds is 3. The van der Waals surface area contributed by atoms with Gasteiger partial charge >= 0.3 is 6.09 Å². The van der Waals surface area contributed by atoms with Crippen LogP contribution < -0.4 is 5.73 Å². The molecule has 8 heteroatoms. The molecule has 0 aliphatic carbocycles. The maximum Gasteiger partial charge on any atom is 0.410 e. The number of carbonyl (C=O) groups excluding carboxylic acids is 1. The number of amides is 1. The lowest BCUT2D eigenvalue weighted by molar-refractivity contribution is 0.0186. The van der Waals surface area contributed by atoms with E-state index >= 15 is 0 Å². The van der Waals surface area contributed by atoms with Gasteiger partial charge in [0.2, 0.25) is 0 Å². The molecule has 1 unspecified atom stereocenters. The lowest BCUT2D eigenvalue weighted by Crippen LogP contribution is -2.53. The van der Waals surface area contributed by atoms with Crippen LogP contribution in [0.1, 0.15) is 47.5 Å². The molecule has 0 aromatic carbocycles. The zero-order valence-electron chi connectivity index (χ0n) is 17.6. The molecule has 0 aromatic heterocycles. The largest absolute Gasteiger partial charge is 0.444 e. The number of carbonyl (C=O) groups is 1. The fraction of sp³-hybridized carbons (Fsp3) is 0.895. The maximum atomic E-state index is 12.1. The maximum absolute atomic E-state index is 12.1. The lowest BCUT2D eigenvalue weighted by Gasteiger charge is -2.37. The average Bonchev–Trinajstić information content (AvgIpc) is 2.58. The van der Waals surface area contributed by atoms with Gasteiger partial charge in [-0.15, -0.1) is 24.0 Å². The lowest BCUT2D eigenvalue weighted by atomic mass is 9.97. The van der Waals surface area contributed by atoms with Crippen LogP contribution in [-0.4, -0.2) is 84.2 Å². The van der Waals surface area contributed by atoms with E-state index in [2.05, 4.69) is 28.6 Å². The highest BCUT2D eigenvalue weighted by Gasteiger charge is 2.27. The van der Waals surface area contributed by atoms with E-state index in [0.717, 1.165) is 13.1 Å². The van der Waals surface area contributed by atoms with Crippen LogP contribution in [-0.2, 0) is 4.74 Å². The summed E-state index contributed by atoms with van der Waals surface area (Å²) in [6.45, 7) is 15.9. The number of guanidine groups is 1. The molecule has 158 valence electrons. The number of hydrogen-bond acceptors (Lipinski definition) is 4. The molecule has 7 nitrogen and oxygen atoms in total. The summed E-state index contributed by atoms with van der Waals surface area (Å²) in [5, 5.41) is 0. The molecule has 27 heavy (non-hydrogen) atoms. The highest BCUT2D eigenvalue weighted by molar-refractivity contribution is 14.0. The number of nitrogens with zero attached hydrogens (tertiary/aromatic N) is 4. The molecule has 2 aliphatic heterocycles. The summed E-state index contributed by atoms with van der Waals surface area (Å²) in [6.07, 6.45) is 2.22. The van der Waals surface area contributed by atoms with Gasteiger partial charge in [0.25, 0.3) is 0 Å². The first-order valence-electron chi connectivity index (χ1n) is 9.92. The Morgan fingerprint density at radius 1 is 1.15 bits per heavy atom. The fourth-order valence-corrected chi connectivity index (χ4v) is 3.48. The number of nitrogens with two attached hydrogens (primary N) is 1. The molecule has 0 bridgehead atoms. The van der Waals surface area contributed by atoms with Crippen molar-refractivity contribution in [3.63, 3.8) is 0 Å². The van der Waals surface area contributed by atoms with Gasteiger partial charge in [-0.25, -0.2) is 4.79 Å². The summed E-state index contributed by atoms with van der Waals surface area (Å²) in [7, 11) is 0. The molecule has 2 fully saturated rings. The van der Waals surface area contributed by atoms with Crippen molar-refractivity contribution in [2.45, 2.75) is 59.1 Å². The fourth-order valence-electron chi connectivity index (χ4n) is 3.48. The van der Waals surface area contributed by atoms with Crippen molar-refractivity contribution >= 4 is 36.0 Å². The summed E-state index contributed by atoms with van der Waals surface area (Å²) < 4.78 is 5.43. The number of piperidine rings is 1. The first-order chi connectivity index (χ1) is 12.2. The Kier molecular flexibility index (Phi) is 9.61. The monoisotopic (exact) mass is 495 g/mol. The van der Waals surface area contributed by atoms with Gasteiger partial charge in [0.05, 0.1) is 0 Å². The van der Waals surface area contributed by atoms with Crippen LogP contribution in [0.25, 0.3) is 0 Å². The van der Waals surface area contributed by atoms with E-state index in [9.17, 15) is 4.79 Å². The molecule has 2 saturated heterocycles. The van der Waals surface area contributed by atoms with Crippen molar-refractivity contribution in [2.75, 3.05) is 45.8 Å². The van der Waals surface area contributed by atoms with Crippen molar-refractivity contribution in [3.05, 3.63) is 0 Å². The van der Waals surface area contributed by atoms with Gasteiger partial charge in [-0.2, -0.15) is 0 Å². The summed E-state index contributed by atoms with van der Waals surface area (Å²) in [5.41, 5.74) is 5.75. The minimum Gasteiger partial charge on any atom is -0.444 e. The van der Waals surface area contributed by atoms with E-state index in [-0.39, 0.29) is 30.1 Å². The van der Waals surface area contributed by atoms with Crippen molar-refractivity contribution < 1.29 is 9.53 Å². The first kappa shape index (κ1) is 24.3. The van der Waals surface area contributed by atoms with Crippen molar-refractivity contribution in [1.29, 1.82) is 0 Å². The number of halogens is 1. The van der Waals surface area contributed by atoms with Crippen LogP contribution in [0.15, 0.2) is 4.99 Å². The molecular formula is C19H38IN5O2. The molecular weight excluding hydrogens is 457 g/mol. The summed E-state index contributed by atoms with van der Waals surface area (Å²) >= 11 is 0.